The van der Waals surface area contributed by atoms with Crippen molar-refractivity contribution >= 4 is 17.4 Å². The summed E-state index contributed by atoms with van der Waals surface area (Å²) in [5.41, 5.74) is -1.13. The Hall–Kier alpha value is -1.37. The molecule has 0 spiro atoms. The number of pyridine rings is 1. The smallest absolute Gasteiger partial charge is 0.358 e. The highest BCUT2D eigenvalue weighted by molar-refractivity contribution is 6.30. The van der Waals surface area contributed by atoms with Crippen molar-refractivity contribution in [3.8, 4) is 0 Å². The molecule has 8 heteroatoms. The SMILES string of the molecule is O=[N+]([O-])c1cc(F)c(C(F)F)c(Cl)n1. The molecule has 0 aliphatic rings. The van der Waals surface area contributed by atoms with Gasteiger partial charge in [-0.1, -0.05) is 0 Å². The summed E-state index contributed by atoms with van der Waals surface area (Å²) in [5.74, 6) is -2.34. The van der Waals surface area contributed by atoms with Gasteiger partial charge in [-0.25, -0.2) is 13.2 Å². The zero-order valence-electron chi connectivity index (χ0n) is 6.38. The third kappa shape index (κ3) is 1.92. The Morgan fingerprint density at radius 3 is 2.50 bits per heavy atom. The van der Waals surface area contributed by atoms with E-state index in [9.17, 15) is 23.3 Å². The summed E-state index contributed by atoms with van der Waals surface area (Å²) in [6, 6.07) is 0.299. The van der Waals surface area contributed by atoms with E-state index in [-0.39, 0.29) is 0 Å². The number of aromatic nitrogens is 1. The highest BCUT2D eigenvalue weighted by Gasteiger charge is 2.25. The molecule has 1 aromatic heterocycles. The van der Waals surface area contributed by atoms with Gasteiger partial charge in [0.2, 0.25) is 0 Å². The van der Waals surface area contributed by atoms with Crippen LogP contribution >= 0.6 is 11.6 Å². The molecule has 1 rings (SSSR count). The molecule has 76 valence electrons. The van der Waals surface area contributed by atoms with Crippen LogP contribution in [0, 0.1) is 15.9 Å². The summed E-state index contributed by atoms with van der Waals surface area (Å²) in [5, 5.41) is 9.22. The van der Waals surface area contributed by atoms with Gasteiger partial charge in [0.15, 0.2) is 0 Å². The molecule has 14 heavy (non-hydrogen) atoms. The normalized spacial score (nSPS) is 10.6. The number of alkyl halides is 2. The fraction of sp³-hybridized carbons (Fsp3) is 0.167. The lowest BCUT2D eigenvalue weighted by Gasteiger charge is -2.00. The van der Waals surface area contributed by atoms with E-state index in [1.54, 1.807) is 0 Å². The maximum absolute atomic E-state index is 12.8. The molecule has 1 aromatic rings. The molecule has 0 fully saturated rings. The van der Waals surface area contributed by atoms with Crippen molar-refractivity contribution in [2.45, 2.75) is 6.43 Å². The Morgan fingerprint density at radius 1 is 1.57 bits per heavy atom. The topological polar surface area (TPSA) is 56.0 Å². The number of nitrogens with zero attached hydrogens (tertiary/aromatic N) is 2. The maximum atomic E-state index is 12.8. The Kier molecular flexibility index (Phi) is 2.90. The van der Waals surface area contributed by atoms with Crippen molar-refractivity contribution in [1.29, 1.82) is 0 Å². The van der Waals surface area contributed by atoms with Crippen LogP contribution in [0.3, 0.4) is 0 Å². The van der Waals surface area contributed by atoms with Crippen LogP contribution in [0.2, 0.25) is 5.15 Å². The predicted molar refractivity (Wildman–Crippen MR) is 40.8 cm³/mol. The van der Waals surface area contributed by atoms with Crippen LogP contribution in [0.5, 0.6) is 0 Å². The van der Waals surface area contributed by atoms with E-state index in [2.05, 4.69) is 4.98 Å². The van der Waals surface area contributed by atoms with Crippen LogP contribution in [-0.2, 0) is 0 Å². The Balaban J connectivity index is 3.32. The summed E-state index contributed by atoms with van der Waals surface area (Å²) in [6.45, 7) is 0. The Morgan fingerprint density at radius 2 is 2.14 bits per heavy atom. The minimum absolute atomic E-state index is 0.299. The molecule has 0 amide bonds. The minimum atomic E-state index is -3.16. The fourth-order valence-corrected chi connectivity index (χ4v) is 1.03. The molecule has 4 nitrogen and oxygen atoms in total. The Bertz CT molecular complexity index is 362. The third-order valence-corrected chi connectivity index (χ3v) is 1.64. The standard InChI is InChI=1S/C6H2ClF3N2O2/c7-5-4(6(9)10)2(8)1-3(11-5)12(13)14/h1,6H. The van der Waals surface area contributed by atoms with E-state index in [1.807, 2.05) is 0 Å². The van der Waals surface area contributed by atoms with Crippen molar-refractivity contribution in [2.24, 2.45) is 0 Å². The van der Waals surface area contributed by atoms with Gasteiger partial charge in [-0.05, 0) is 21.5 Å². The van der Waals surface area contributed by atoms with E-state index < -0.39 is 33.7 Å². The zero-order chi connectivity index (χ0) is 10.9. The third-order valence-electron chi connectivity index (χ3n) is 1.35. The van der Waals surface area contributed by atoms with Crippen molar-refractivity contribution in [3.05, 3.63) is 32.7 Å². The molecule has 0 saturated heterocycles. The lowest BCUT2D eigenvalue weighted by atomic mass is 10.3. The van der Waals surface area contributed by atoms with Gasteiger partial charge in [0.05, 0.1) is 6.07 Å². The summed E-state index contributed by atoms with van der Waals surface area (Å²) in [7, 11) is 0. The number of rotatable bonds is 2. The number of hydrogen-bond acceptors (Lipinski definition) is 3. The Labute approximate surface area is 80.5 Å². The van der Waals surface area contributed by atoms with Crippen LogP contribution in [0.25, 0.3) is 0 Å². The average Bonchev–Trinajstić information content (AvgIpc) is 2.01. The van der Waals surface area contributed by atoms with Crippen LogP contribution in [0.4, 0.5) is 19.0 Å². The molecule has 0 saturated carbocycles. The molecule has 0 N–H and O–H groups in total. The molecule has 0 unspecified atom stereocenters. The van der Waals surface area contributed by atoms with E-state index in [0.717, 1.165) is 0 Å². The average molecular weight is 227 g/mol. The largest absolute Gasteiger partial charge is 0.368 e. The van der Waals surface area contributed by atoms with Crippen molar-refractivity contribution in [1.82, 2.24) is 4.98 Å². The van der Waals surface area contributed by atoms with Crippen LogP contribution in [0.1, 0.15) is 12.0 Å². The summed E-state index contributed by atoms with van der Waals surface area (Å²) in [4.78, 5) is 12.1. The number of halogens is 4. The summed E-state index contributed by atoms with van der Waals surface area (Å²) >= 11 is 5.14. The first kappa shape index (κ1) is 10.7. The van der Waals surface area contributed by atoms with Crippen molar-refractivity contribution in [3.63, 3.8) is 0 Å². The lowest BCUT2D eigenvalue weighted by molar-refractivity contribution is -0.389. The van der Waals surface area contributed by atoms with Gasteiger partial charge in [-0.3, -0.25) is 0 Å². The van der Waals surface area contributed by atoms with E-state index >= 15 is 0 Å². The second kappa shape index (κ2) is 3.79. The molecule has 0 radical (unpaired) electrons. The molecule has 0 aliphatic carbocycles. The molecule has 0 bridgehead atoms. The van der Waals surface area contributed by atoms with Crippen LogP contribution in [-0.4, -0.2) is 9.91 Å². The van der Waals surface area contributed by atoms with E-state index in [4.69, 9.17) is 11.6 Å². The van der Waals surface area contributed by atoms with E-state index in [1.165, 1.54) is 0 Å². The van der Waals surface area contributed by atoms with Gasteiger partial charge >= 0.3 is 5.82 Å². The maximum Gasteiger partial charge on any atom is 0.368 e. The molecule has 0 aromatic carbocycles. The van der Waals surface area contributed by atoms with E-state index in [0.29, 0.717) is 6.07 Å². The van der Waals surface area contributed by atoms with Gasteiger partial charge in [0.1, 0.15) is 11.4 Å². The monoisotopic (exact) mass is 226 g/mol. The molecular formula is C6H2ClF3N2O2. The lowest BCUT2D eigenvalue weighted by Crippen LogP contribution is -1.99. The van der Waals surface area contributed by atoms with Crippen LogP contribution in [0.15, 0.2) is 6.07 Å². The molecule has 0 aliphatic heterocycles. The first-order chi connectivity index (χ1) is 6.43. The van der Waals surface area contributed by atoms with Crippen molar-refractivity contribution in [2.75, 3.05) is 0 Å². The number of hydrogen-bond donors (Lipinski definition) is 0. The predicted octanol–water partition coefficient (Wildman–Crippen LogP) is 2.72. The van der Waals surface area contributed by atoms with Gasteiger partial charge in [-0.15, -0.1) is 0 Å². The fourth-order valence-electron chi connectivity index (χ4n) is 0.771. The van der Waals surface area contributed by atoms with Crippen molar-refractivity contribution < 1.29 is 18.1 Å². The summed E-state index contributed by atoms with van der Waals surface area (Å²) < 4.78 is 37.0. The minimum Gasteiger partial charge on any atom is -0.358 e. The first-order valence-electron chi connectivity index (χ1n) is 3.22. The van der Waals surface area contributed by atoms with Gasteiger partial charge in [0, 0.05) is 0 Å². The highest BCUT2D eigenvalue weighted by atomic mass is 35.5. The molecule has 1 heterocycles. The molecule has 0 atom stereocenters. The second-order valence-corrected chi connectivity index (χ2v) is 2.58. The summed E-state index contributed by atoms with van der Waals surface area (Å²) in [6.07, 6.45) is -3.16. The zero-order valence-corrected chi connectivity index (χ0v) is 7.13. The van der Waals surface area contributed by atoms with Gasteiger partial charge < -0.3 is 10.1 Å². The molecular weight excluding hydrogens is 225 g/mol. The van der Waals surface area contributed by atoms with Crippen LogP contribution < -0.4 is 0 Å². The first-order valence-corrected chi connectivity index (χ1v) is 3.59. The van der Waals surface area contributed by atoms with Gasteiger partial charge in [0.25, 0.3) is 11.6 Å². The van der Waals surface area contributed by atoms with Gasteiger partial charge in [-0.2, -0.15) is 0 Å². The quantitative estimate of drug-likeness (QED) is 0.443. The highest BCUT2D eigenvalue weighted by Crippen LogP contribution is 2.30. The second-order valence-electron chi connectivity index (χ2n) is 2.22. The number of nitro groups is 1.